The molecule has 2 amide bonds. The van der Waals surface area contributed by atoms with Gasteiger partial charge < -0.3 is 15.7 Å². The van der Waals surface area contributed by atoms with Gasteiger partial charge in [-0.3, -0.25) is 9.59 Å². The van der Waals surface area contributed by atoms with Crippen molar-refractivity contribution in [1.29, 1.82) is 0 Å². The Balaban J connectivity index is 1.49. The Hall–Kier alpha value is -3.15. The molecule has 2 aromatic rings. The van der Waals surface area contributed by atoms with E-state index in [1.807, 2.05) is 6.07 Å². The number of hydrogen-bond donors (Lipinski definition) is 3. The molecule has 0 unspecified atom stereocenters. The average molecular weight is 352 g/mol. The minimum absolute atomic E-state index is 0.0331. The number of carbonyl (C=O) groups is 3. The molecule has 0 radical (unpaired) electrons. The van der Waals surface area contributed by atoms with Crippen LogP contribution in [0.4, 0.5) is 5.69 Å². The molecule has 1 aliphatic carbocycles. The van der Waals surface area contributed by atoms with E-state index in [9.17, 15) is 14.4 Å². The van der Waals surface area contributed by atoms with Crippen molar-refractivity contribution < 1.29 is 19.5 Å². The fourth-order valence-electron chi connectivity index (χ4n) is 2.58. The fourth-order valence-corrected chi connectivity index (χ4v) is 2.58. The van der Waals surface area contributed by atoms with E-state index in [0.717, 1.165) is 18.4 Å². The second kappa shape index (κ2) is 7.82. The summed E-state index contributed by atoms with van der Waals surface area (Å²) in [4.78, 5) is 34.8. The standard InChI is InChI=1S/C20H20N2O4/c23-18(21-11-10-13-2-1-3-16(12-13)20(25)26)14-6-8-17(9-7-14)22-19(24)15-4-5-15/h1-3,6-9,12,15H,4-5,10-11H2,(H,21,23)(H,22,24)(H,25,26). The van der Waals surface area contributed by atoms with Gasteiger partial charge in [0.2, 0.25) is 5.91 Å². The van der Waals surface area contributed by atoms with Gasteiger partial charge in [0, 0.05) is 23.7 Å². The number of rotatable bonds is 7. The number of anilines is 1. The van der Waals surface area contributed by atoms with Gasteiger partial charge in [0.15, 0.2) is 0 Å². The van der Waals surface area contributed by atoms with Crippen LogP contribution in [0.2, 0.25) is 0 Å². The predicted molar refractivity (Wildman–Crippen MR) is 97.2 cm³/mol. The Morgan fingerprint density at radius 3 is 2.38 bits per heavy atom. The molecule has 0 atom stereocenters. The first-order chi connectivity index (χ1) is 12.5. The number of amides is 2. The number of carboxylic acid groups (broad SMARTS) is 1. The van der Waals surface area contributed by atoms with Crippen molar-refractivity contribution in [2.75, 3.05) is 11.9 Å². The number of carboxylic acids is 1. The number of aromatic carboxylic acids is 1. The highest BCUT2D eigenvalue weighted by Crippen LogP contribution is 2.30. The zero-order chi connectivity index (χ0) is 18.5. The number of hydrogen-bond acceptors (Lipinski definition) is 3. The molecule has 0 aliphatic heterocycles. The molecule has 0 spiro atoms. The van der Waals surface area contributed by atoms with Crippen LogP contribution >= 0.6 is 0 Å². The highest BCUT2D eigenvalue weighted by molar-refractivity contribution is 5.96. The number of benzene rings is 2. The van der Waals surface area contributed by atoms with E-state index in [-0.39, 0.29) is 23.3 Å². The largest absolute Gasteiger partial charge is 0.478 e. The summed E-state index contributed by atoms with van der Waals surface area (Å²) < 4.78 is 0. The molecule has 0 heterocycles. The zero-order valence-corrected chi connectivity index (χ0v) is 14.2. The van der Waals surface area contributed by atoms with E-state index in [0.29, 0.717) is 24.2 Å². The van der Waals surface area contributed by atoms with Gasteiger partial charge in [-0.05, 0) is 61.2 Å². The summed E-state index contributed by atoms with van der Waals surface area (Å²) >= 11 is 0. The third-order valence-corrected chi connectivity index (χ3v) is 4.24. The molecule has 1 aliphatic rings. The van der Waals surface area contributed by atoms with Crippen LogP contribution in [0.15, 0.2) is 48.5 Å². The quantitative estimate of drug-likeness (QED) is 0.714. The Morgan fingerprint density at radius 1 is 1.00 bits per heavy atom. The Kier molecular flexibility index (Phi) is 5.31. The molecule has 2 aromatic carbocycles. The molecular weight excluding hydrogens is 332 g/mol. The Labute approximate surface area is 151 Å². The molecule has 1 fully saturated rings. The smallest absolute Gasteiger partial charge is 0.335 e. The van der Waals surface area contributed by atoms with E-state index in [4.69, 9.17) is 5.11 Å². The lowest BCUT2D eigenvalue weighted by Gasteiger charge is -2.08. The highest BCUT2D eigenvalue weighted by atomic mass is 16.4. The van der Waals surface area contributed by atoms with Crippen LogP contribution in [-0.4, -0.2) is 29.4 Å². The molecule has 0 aromatic heterocycles. The van der Waals surface area contributed by atoms with Crippen LogP contribution in [0.5, 0.6) is 0 Å². The van der Waals surface area contributed by atoms with E-state index >= 15 is 0 Å². The lowest BCUT2D eigenvalue weighted by molar-refractivity contribution is -0.117. The molecule has 0 bridgehead atoms. The first-order valence-electron chi connectivity index (χ1n) is 8.54. The Morgan fingerprint density at radius 2 is 1.73 bits per heavy atom. The molecule has 3 N–H and O–H groups in total. The van der Waals surface area contributed by atoms with Crippen LogP contribution in [0.25, 0.3) is 0 Å². The maximum absolute atomic E-state index is 12.2. The maximum atomic E-state index is 12.2. The first-order valence-corrected chi connectivity index (χ1v) is 8.54. The summed E-state index contributed by atoms with van der Waals surface area (Å²) in [7, 11) is 0. The lowest BCUT2D eigenvalue weighted by atomic mass is 10.1. The summed E-state index contributed by atoms with van der Waals surface area (Å²) in [6.07, 6.45) is 2.44. The Bertz CT molecular complexity index is 826. The lowest BCUT2D eigenvalue weighted by Crippen LogP contribution is -2.25. The van der Waals surface area contributed by atoms with E-state index in [1.165, 1.54) is 6.07 Å². The van der Waals surface area contributed by atoms with Crippen molar-refractivity contribution in [2.45, 2.75) is 19.3 Å². The summed E-state index contributed by atoms with van der Waals surface area (Å²) in [5, 5.41) is 14.6. The SMILES string of the molecule is O=C(O)c1cccc(CCNC(=O)c2ccc(NC(=O)C3CC3)cc2)c1. The molecule has 134 valence electrons. The van der Waals surface area contributed by atoms with Crippen molar-refractivity contribution in [3.05, 3.63) is 65.2 Å². The summed E-state index contributed by atoms with van der Waals surface area (Å²) in [6, 6.07) is 13.4. The molecule has 26 heavy (non-hydrogen) atoms. The van der Waals surface area contributed by atoms with Crippen molar-refractivity contribution in [1.82, 2.24) is 5.32 Å². The molecule has 6 heteroatoms. The van der Waals surface area contributed by atoms with Gasteiger partial charge in [0.1, 0.15) is 0 Å². The highest BCUT2D eigenvalue weighted by Gasteiger charge is 2.29. The summed E-state index contributed by atoms with van der Waals surface area (Å²) in [5.41, 5.74) is 2.28. The fraction of sp³-hybridized carbons (Fsp3) is 0.250. The number of carbonyl (C=O) groups excluding carboxylic acids is 2. The van der Waals surface area contributed by atoms with Gasteiger partial charge in [-0.2, -0.15) is 0 Å². The van der Waals surface area contributed by atoms with Crippen molar-refractivity contribution in [3.8, 4) is 0 Å². The van der Waals surface area contributed by atoms with E-state index in [2.05, 4.69) is 10.6 Å². The molecule has 0 saturated heterocycles. The number of nitrogens with one attached hydrogen (secondary N) is 2. The van der Waals surface area contributed by atoms with Gasteiger partial charge in [0.25, 0.3) is 5.91 Å². The first kappa shape index (κ1) is 17.7. The second-order valence-corrected chi connectivity index (χ2v) is 6.35. The van der Waals surface area contributed by atoms with Crippen LogP contribution in [0, 0.1) is 5.92 Å². The van der Waals surface area contributed by atoms with Gasteiger partial charge in [-0.25, -0.2) is 4.79 Å². The molecular formula is C20H20N2O4. The van der Waals surface area contributed by atoms with Crippen molar-refractivity contribution >= 4 is 23.5 Å². The van der Waals surface area contributed by atoms with Crippen molar-refractivity contribution in [3.63, 3.8) is 0 Å². The predicted octanol–water partition coefficient (Wildman–Crippen LogP) is 2.71. The van der Waals surface area contributed by atoms with E-state index in [1.54, 1.807) is 36.4 Å². The third kappa shape index (κ3) is 4.69. The van der Waals surface area contributed by atoms with Crippen LogP contribution < -0.4 is 10.6 Å². The normalized spacial score (nSPS) is 13.1. The minimum Gasteiger partial charge on any atom is -0.478 e. The monoisotopic (exact) mass is 352 g/mol. The summed E-state index contributed by atoms with van der Waals surface area (Å²) in [5.74, 6) is -1.01. The van der Waals surface area contributed by atoms with Crippen LogP contribution in [-0.2, 0) is 11.2 Å². The maximum Gasteiger partial charge on any atom is 0.335 e. The molecule has 3 rings (SSSR count). The average Bonchev–Trinajstić information content (AvgIpc) is 3.47. The van der Waals surface area contributed by atoms with Gasteiger partial charge in [-0.15, -0.1) is 0 Å². The summed E-state index contributed by atoms with van der Waals surface area (Å²) in [6.45, 7) is 0.405. The van der Waals surface area contributed by atoms with Gasteiger partial charge >= 0.3 is 5.97 Å². The van der Waals surface area contributed by atoms with Gasteiger partial charge in [-0.1, -0.05) is 12.1 Å². The van der Waals surface area contributed by atoms with Crippen LogP contribution in [0.1, 0.15) is 39.1 Å². The zero-order valence-electron chi connectivity index (χ0n) is 14.2. The van der Waals surface area contributed by atoms with E-state index < -0.39 is 5.97 Å². The molecule has 1 saturated carbocycles. The van der Waals surface area contributed by atoms with Crippen LogP contribution in [0.3, 0.4) is 0 Å². The topological polar surface area (TPSA) is 95.5 Å². The van der Waals surface area contributed by atoms with Gasteiger partial charge in [0.05, 0.1) is 5.56 Å². The molecule has 6 nitrogen and oxygen atoms in total. The second-order valence-electron chi connectivity index (χ2n) is 6.35. The third-order valence-electron chi connectivity index (χ3n) is 4.24. The minimum atomic E-state index is -0.968. The van der Waals surface area contributed by atoms with Crippen molar-refractivity contribution in [2.24, 2.45) is 5.92 Å².